The zero-order valence-corrected chi connectivity index (χ0v) is 5.47. The molecule has 0 aliphatic carbocycles. The first-order valence-electron chi connectivity index (χ1n) is 2.48. The van der Waals surface area contributed by atoms with Gasteiger partial charge in [-0.15, -0.1) is 5.92 Å². The van der Waals surface area contributed by atoms with Crippen molar-refractivity contribution in [2.75, 3.05) is 7.11 Å². The van der Waals surface area contributed by atoms with E-state index in [-0.39, 0.29) is 5.97 Å². The molecule has 0 rings (SSSR count). The van der Waals surface area contributed by atoms with E-state index in [0.717, 1.165) is 0 Å². The molecule has 0 amide bonds. The van der Waals surface area contributed by atoms with E-state index in [0.29, 0.717) is 0 Å². The number of carbonyl (C=O) groups is 1. The maximum Gasteiger partial charge on any atom is 0.331 e. The third-order valence-electron chi connectivity index (χ3n) is 0.648. The highest BCUT2D eigenvalue weighted by Gasteiger charge is 1.85. The highest BCUT2D eigenvalue weighted by atomic mass is 16.5. The lowest BCUT2D eigenvalue weighted by atomic mass is 10.5. The Kier molecular flexibility index (Phi) is 4.25. The Labute approximate surface area is 54.5 Å². The zero-order valence-electron chi connectivity index (χ0n) is 5.47. The molecule has 48 valence electrons. The largest absolute Gasteiger partial charge is 0.466 e. The fourth-order valence-corrected chi connectivity index (χ4v) is 0.261. The number of esters is 1. The first-order chi connectivity index (χ1) is 4.31. The Morgan fingerprint density at radius 3 is 2.78 bits per heavy atom. The highest BCUT2D eigenvalue weighted by molar-refractivity contribution is 5.82. The van der Waals surface area contributed by atoms with Gasteiger partial charge in [0.15, 0.2) is 0 Å². The number of rotatable bonds is 1. The first-order valence-corrected chi connectivity index (χ1v) is 2.48. The standard InChI is InChI=1S/C7H8O2/c1-3-4-5-6-7(8)9-2/h5-6H,1-2H3. The van der Waals surface area contributed by atoms with Gasteiger partial charge in [-0.25, -0.2) is 4.79 Å². The fourth-order valence-electron chi connectivity index (χ4n) is 0.261. The van der Waals surface area contributed by atoms with Crippen LogP contribution in [0.2, 0.25) is 0 Å². The number of allylic oxidation sites excluding steroid dienone is 1. The Hall–Kier alpha value is -1.23. The molecule has 0 aromatic heterocycles. The van der Waals surface area contributed by atoms with E-state index >= 15 is 0 Å². The summed E-state index contributed by atoms with van der Waals surface area (Å²) in [6.45, 7) is 1.70. The molecule has 0 aromatic rings. The summed E-state index contributed by atoms with van der Waals surface area (Å²) in [7, 11) is 1.33. The first kappa shape index (κ1) is 7.77. The summed E-state index contributed by atoms with van der Waals surface area (Å²) in [6.07, 6.45) is 2.72. The van der Waals surface area contributed by atoms with Gasteiger partial charge in [0.25, 0.3) is 0 Å². The quantitative estimate of drug-likeness (QED) is 0.293. The van der Waals surface area contributed by atoms with Crippen molar-refractivity contribution in [2.45, 2.75) is 6.92 Å². The average Bonchev–Trinajstić information content (AvgIpc) is 1.89. The average molecular weight is 124 g/mol. The van der Waals surface area contributed by atoms with Crippen LogP contribution in [0.4, 0.5) is 0 Å². The van der Waals surface area contributed by atoms with Crippen LogP contribution >= 0.6 is 0 Å². The minimum absolute atomic E-state index is 0.377. The predicted octanol–water partition coefficient (Wildman–Crippen LogP) is 0.739. The van der Waals surface area contributed by atoms with Crippen molar-refractivity contribution < 1.29 is 9.53 Å². The molecule has 0 unspecified atom stereocenters. The van der Waals surface area contributed by atoms with Crippen LogP contribution in [0.3, 0.4) is 0 Å². The maximum atomic E-state index is 10.3. The van der Waals surface area contributed by atoms with Crippen LogP contribution in [-0.2, 0) is 9.53 Å². The second-order valence-electron chi connectivity index (χ2n) is 1.25. The van der Waals surface area contributed by atoms with Crippen LogP contribution in [0.25, 0.3) is 0 Å². The number of methoxy groups -OCH3 is 1. The van der Waals surface area contributed by atoms with Crippen LogP contribution in [0.15, 0.2) is 12.2 Å². The maximum absolute atomic E-state index is 10.3. The minimum Gasteiger partial charge on any atom is -0.466 e. The van der Waals surface area contributed by atoms with Gasteiger partial charge < -0.3 is 4.74 Å². The van der Waals surface area contributed by atoms with Gasteiger partial charge in [-0.1, -0.05) is 5.92 Å². The molecule has 2 heteroatoms. The molecule has 0 bridgehead atoms. The molecule has 0 fully saturated rings. The molecule has 0 spiro atoms. The Bertz CT molecular complexity index is 169. The topological polar surface area (TPSA) is 26.3 Å². The van der Waals surface area contributed by atoms with Gasteiger partial charge in [0.05, 0.1) is 7.11 Å². The molecule has 0 atom stereocenters. The predicted molar refractivity (Wildman–Crippen MR) is 34.6 cm³/mol. The van der Waals surface area contributed by atoms with Crippen molar-refractivity contribution >= 4 is 5.97 Å². The van der Waals surface area contributed by atoms with Crippen molar-refractivity contribution in [3.8, 4) is 11.8 Å². The molecule has 0 heterocycles. The monoisotopic (exact) mass is 124 g/mol. The summed E-state index contributed by atoms with van der Waals surface area (Å²) in [5, 5.41) is 0. The van der Waals surface area contributed by atoms with Crippen molar-refractivity contribution in [1.82, 2.24) is 0 Å². The van der Waals surface area contributed by atoms with E-state index in [1.54, 1.807) is 6.92 Å². The molecule has 9 heavy (non-hydrogen) atoms. The third kappa shape index (κ3) is 4.63. The Balaban J connectivity index is 3.66. The van der Waals surface area contributed by atoms with Crippen molar-refractivity contribution in [3.63, 3.8) is 0 Å². The van der Waals surface area contributed by atoms with Gasteiger partial charge in [0, 0.05) is 6.08 Å². The fraction of sp³-hybridized carbons (Fsp3) is 0.286. The molecule has 0 aromatic carbocycles. The number of hydrogen-bond acceptors (Lipinski definition) is 2. The highest BCUT2D eigenvalue weighted by Crippen LogP contribution is 1.74. The van der Waals surface area contributed by atoms with Gasteiger partial charge in [-0.3, -0.25) is 0 Å². The lowest BCUT2D eigenvalue weighted by molar-refractivity contribution is -0.134. The van der Waals surface area contributed by atoms with Gasteiger partial charge >= 0.3 is 5.97 Å². The second kappa shape index (κ2) is 4.92. The van der Waals surface area contributed by atoms with E-state index in [9.17, 15) is 4.79 Å². The molecule has 0 saturated carbocycles. The van der Waals surface area contributed by atoms with Crippen LogP contribution in [0.1, 0.15) is 6.92 Å². The van der Waals surface area contributed by atoms with E-state index in [4.69, 9.17) is 0 Å². The summed E-state index contributed by atoms with van der Waals surface area (Å²) < 4.78 is 4.30. The van der Waals surface area contributed by atoms with Gasteiger partial charge in [-0.2, -0.15) is 0 Å². The molecule has 0 N–H and O–H groups in total. The molecular formula is C7H8O2. The molecule has 2 nitrogen and oxygen atoms in total. The molecule has 0 saturated heterocycles. The molecule has 0 aliphatic rings. The van der Waals surface area contributed by atoms with Crippen LogP contribution < -0.4 is 0 Å². The molecular weight excluding hydrogens is 116 g/mol. The lowest BCUT2D eigenvalue weighted by Gasteiger charge is -1.84. The number of hydrogen-bond donors (Lipinski definition) is 0. The van der Waals surface area contributed by atoms with Crippen LogP contribution in [-0.4, -0.2) is 13.1 Å². The smallest absolute Gasteiger partial charge is 0.331 e. The zero-order chi connectivity index (χ0) is 7.11. The normalized spacial score (nSPS) is 8.22. The van der Waals surface area contributed by atoms with Crippen LogP contribution in [0, 0.1) is 11.8 Å². The van der Waals surface area contributed by atoms with Crippen molar-refractivity contribution in [2.24, 2.45) is 0 Å². The summed E-state index contributed by atoms with van der Waals surface area (Å²) in [5.41, 5.74) is 0. The van der Waals surface area contributed by atoms with E-state index < -0.39 is 0 Å². The Morgan fingerprint density at radius 2 is 2.33 bits per heavy atom. The summed E-state index contributed by atoms with van der Waals surface area (Å²) in [4.78, 5) is 10.3. The van der Waals surface area contributed by atoms with Crippen LogP contribution in [0.5, 0.6) is 0 Å². The molecule has 0 radical (unpaired) electrons. The lowest BCUT2D eigenvalue weighted by Crippen LogP contribution is -1.92. The minimum atomic E-state index is -0.377. The number of ether oxygens (including phenoxy) is 1. The van der Waals surface area contributed by atoms with Gasteiger partial charge in [0.1, 0.15) is 0 Å². The van der Waals surface area contributed by atoms with E-state index in [1.165, 1.54) is 19.3 Å². The summed E-state index contributed by atoms with van der Waals surface area (Å²) >= 11 is 0. The Morgan fingerprint density at radius 1 is 1.67 bits per heavy atom. The summed E-state index contributed by atoms with van der Waals surface area (Å²) in [6, 6.07) is 0. The van der Waals surface area contributed by atoms with E-state index in [1.807, 2.05) is 0 Å². The SMILES string of the molecule is CC#CC=CC(=O)OC. The second-order valence-corrected chi connectivity index (χ2v) is 1.25. The molecule has 0 aliphatic heterocycles. The van der Waals surface area contributed by atoms with Gasteiger partial charge in [0.2, 0.25) is 0 Å². The number of carbonyl (C=O) groups excluding carboxylic acids is 1. The van der Waals surface area contributed by atoms with Crippen molar-refractivity contribution in [3.05, 3.63) is 12.2 Å². The van der Waals surface area contributed by atoms with Crippen molar-refractivity contribution in [1.29, 1.82) is 0 Å². The summed E-state index contributed by atoms with van der Waals surface area (Å²) in [5.74, 6) is 4.81. The van der Waals surface area contributed by atoms with Gasteiger partial charge in [-0.05, 0) is 13.0 Å². The third-order valence-corrected chi connectivity index (χ3v) is 0.648. The van der Waals surface area contributed by atoms with E-state index in [2.05, 4.69) is 16.6 Å².